The van der Waals surface area contributed by atoms with Crippen molar-refractivity contribution in [2.24, 2.45) is 4.99 Å². The van der Waals surface area contributed by atoms with E-state index in [0.717, 1.165) is 49.8 Å². The number of aryl methyl sites for hydroxylation is 1. The van der Waals surface area contributed by atoms with Gasteiger partial charge in [-0.2, -0.15) is 0 Å². The molecule has 0 amide bonds. The molecular formula is C16H23Cl2IN6. The second-order valence-electron chi connectivity index (χ2n) is 5.25. The second kappa shape index (κ2) is 11.5. The minimum Gasteiger partial charge on any atom is -0.356 e. The summed E-state index contributed by atoms with van der Waals surface area (Å²) in [6.45, 7) is 4.34. The van der Waals surface area contributed by atoms with Crippen LogP contribution in [0.15, 0.2) is 29.5 Å². The van der Waals surface area contributed by atoms with Crippen molar-refractivity contribution in [3.05, 3.63) is 46.0 Å². The predicted molar refractivity (Wildman–Crippen MR) is 114 cm³/mol. The highest BCUT2D eigenvalue weighted by Gasteiger charge is 2.03. The first-order chi connectivity index (χ1) is 11.6. The van der Waals surface area contributed by atoms with E-state index in [-0.39, 0.29) is 24.0 Å². The molecule has 0 atom stereocenters. The highest BCUT2D eigenvalue weighted by atomic mass is 127. The lowest BCUT2D eigenvalue weighted by Crippen LogP contribution is -2.39. The van der Waals surface area contributed by atoms with Crippen LogP contribution in [0.4, 0.5) is 0 Å². The molecule has 0 bridgehead atoms. The van der Waals surface area contributed by atoms with E-state index in [0.29, 0.717) is 10.0 Å². The number of benzene rings is 1. The van der Waals surface area contributed by atoms with Crippen molar-refractivity contribution in [1.29, 1.82) is 0 Å². The number of aromatic nitrogens is 3. The van der Waals surface area contributed by atoms with Crippen LogP contribution in [0.3, 0.4) is 0 Å². The van der Waals surface area contributed by atoms with E-state index in [1.54, 1.807) is 19.4 Å². The van der Waals surface area contributed by atoms with Crippen LogP contribution in [-0.4, -0.2) is 40.9 Å². The van der Waals surface area contributed by atoms with Crippen molar-refractivity contribution in [3.63, 3.8) is 0 Å². The molecule has 0 spiro atoms. The van der Waals surface area contributed by atoms with Crippen LogP contribution in [0.5, 0.6) is 0 Å². The molecule has 2 N–H and O–H groups in total. The van der Waals surface area contributed by atoms with Crippen LogP contribution in [0, 0.1) is 0 Å². The van der Waals surface area contributed by atoms with Gasteiger partial charge in [-0.05, 0) is 30.2 Å². The lowest BCUT2D eigenvalue weighted by atomic mass is 10.1. The quantitative estimate of drug-likeness (QED) is 0.351. The lowest BCUT2D eigenvalue weighted by molar-refractivity contribution is 0.632. The van der Waals surface area contributed by atoms with Crippen molar-refractivity contribution in [2.45, 2.75) is 26.3 Å². The third kappa shape index (κ3) is 7.37. The van der Waals surface area contributed by atoms with Gasteiger partial charge in [-0.3, -0.25) is 4.99 Å². The van der Waals surface area contributed by atoms with Gasteiger partial charge in [0.2, 0.25) is 0 Å². The molecule has 0 aliphatic carbocycles. The zero-order valence-electron chi connectivity index (χ0n) is 14.3. The van der Waals surface area contributed by atoms with Gasteiger partial charge in [-0.1, -0.05) is 30.1 Å². The second-order valence-corrected chi connectivity index (χ2v) is 6.12. The van der Waals surface area contributed by atoms with Crippen molar-refractivity contribution >= 4 is 53.1 Å². The average molecular weight is 497 g/mol. The first kappa shape index (κ1) is 22.0. The summed E-state index contributed by atoms with van der Waals surface area (Å²) in [5, 5.41) is 15.9. The Kier molecular flexibility index (Phi) is 10.1. The van der Waals surface area contributed by atoms with Crippen LogP contribution in [-0.2, 0) is 19.4 Å². The fraction of sp³-hybridized carbons (Fsp3) is 0.438. The van der Waals surface area contributed by atoms with Crippen LogP contribution < -0.4 is 10.6 Å². The van der Waals surface area contributed by atoms with E-state index in [9.17, 15) is 0 Å². The fourth-order valence-electron chi connectivity index (χ4n) is 2.34. The van der Waals surface area contributed by atoms with Gasteiger partial charge in [0.1, 0.15) is 12.2 Å². The van der Waals surface area contributed by atoms with E-state index in [1.807, 2.05) is 16.7 Å². The summed E-state index contributed by atoms with van der Waals surface area (Å²) in [5.74, 6) is 1.74. The van der Waals surface area contributed by atoms with Gasteiger partial charge in [-0.15, -0.1) is 34.2 Å². The maximum atomic E-state index is 6.01. The van der Waals surface area contributed by atoms with Gasteiger partial charge in [0, 0.05) is 43.1 Å². The number of rotatable bonds is 7. The monoisotopic (exact) mass is 496 g/mol. The van der Waals surface area contributed by atoms with Crippen molar-refractivity contribution in [1.82, 2.24) is 25.4 Å². The maximum absolute atomic E-state index is 6.01. The largest absolute Gasteiger partial charge is 0.356 e. The first-order valence-electron chi connectivity index (χ1n) is 7.88. The summed E-state index contributed by atoms with van der Waals surface area (Å²) in [7, 11) is 1.75. The summed E-state index contributed by atoms with van der Waals surface area (Å²) < 4.78 is 2.04. The molecule has 138 valence electrons. The number of aliphatic imine (C=N–C) groups is 1. The molecule has 0 radical (unpaired) electrons. The zero-order valence-corrected chi connectivity index (χ0v) is 18.1. The minimum atomic E-state index is 0. The summed E-state index contributed by atoms with van der Waals surface area (Å²) in [4.78, 5) is 4.22. The molecule has 1 heterocycles. The molecule has 9 heteroatoms. The molecule has 0 aliphatic rings. The van der Waals surface area contributed by atoms with Gasteiger partial charge in [0.15, 0.2) is 5.96 Å². The van der Waals surface area contributed by atoms with E-state index in [4.69, 9.17) is 23.2 Å². The zero-order chi connectivity index (χ0) is 17.4. The number of halogens is 3. The van der Waals surface area contributed by atoms with Gasteiger partial charge < -0.3 is 15.2 Å². The number of hydrogen-bond donors (Lipinski definition) is 2. The summed E-state index contributed by atoms with van der Waals surface area (Å²) in [5.41, 5.74) is 1.09. The summed E-state index contributed by atoms with van der Waals surface area (Å²) >= 11 is 12.0. The van der Waals surface area contributed by atoms with E-state index < -0.39 is 0 Å². The SMILES string of the molecule is CCc1nncn1CCNC(=NC)NCCc1cc(Cl)cc(Cl)c1.I. The van der Waals surface area contributed by atoms with Crippen molar-refractivity contribution in [3.8, 4) is 0 Å². The summed E-state index contributed by atoms with van der Waals surface area (Å²) in [6, 6.07) is 5.57. The lowest BCUT2D eigenvalue weighted by Gasteiger charge is -2.13. The Balaban J connectivity index is 0.00000312. The number of guanidine groups is 1. The molecule has 0 fully saturated rings. The van der Waals surface area contributed by atoms with E-state index in [1.165, 1.54) is 0 Å². The highest BCUT2D eigenvalue weighted by Crippen LogP contribution is 2.19. The van der Waals surface area contributed by atoms with E-state index >= 15 is 0 Å². The molecule has 0 unspecified atom stereocenters. The molecule has 25 heavy (non-hydrogen) atoms. The summed E-state index contributed by atoms with van der Waals surface area (Å²) in [6.07, 6.45) is 3.43. The fourth-order valence-corrected chi connectivity index (χ4v) is 2.91. The minimum absolute atomic E-state index is 0. The Morgan fingerprint density at radius 2 is 1.84 bits per heavy atom. The molecular weight excluding hydrogens is 474 g/mol. The molecule has 1 aromatic heterocycles. The van der Waals surface area contributed by atoms with Gasteiger partial charge in [0.25, 0.3) is 0 Å². The predicted octanol–water partition coefficient (Wildman–Crippen LogP) is 3.17. The van der Waals surface area contributed by atoms with E-state index in [2.05, 4.69) is 32.7 Å². The third-order valence-electron chi connectivity index (χ3n) is 3.51. The Labute approximate surface area is 175 Å². The molecule has 0 saturated carbocycles. The van der Waals surface area contributed by atoms with Crippen LogP contribution in [0.25, 0.3) is 0 Å². The smallest absolute Gasteiger partial charge is 0.191 e. The van der Waals surface area contributed by atoms with Crippen LogP contribution in [0.1, 0.15) is 18.3 Å². The molecule has 2 aromatic rings. The van der Waals surface area contributed by atoms with Crippen LogP contribution in [0.2, 0.25) is 10.0 Å². The standard InChI is InChI=1S/C16H22Cl2N6.HI/c1-3-15-23-22-11-24(15)7-6-21-16(19-2)20-5-4-12-8-13(17)10-14(18)9-12;/h8-11H,3-7H2,1-2H3,(H2,19,20,21);1H. The highest BCUT2D eigenvalue weighted by molar-refractivity contribution is 14.0. The average Bonchev–Trinajstić information content (AvgIpc) is 3.00. The Morgan fingerprint density at radius 3 is 2.48 bits per heavy atom. The molecule has 0 aliphatic heterocycles. The van der Waals surface area contributed by atoms with Crippen molar-refractivity contribution < 1.29 is 0 Å². The Bertz CT molecular complexity index is 669. The Hall–Kier alpha value is -1.06. The number of nitrogens with one attached hydrogen (secondary N) is 2. The van der Waals surface area contributed by atoms with Crippen LogP contribution >= 0.6 is 47.2 Å². The van der Waals surface area contributed by atoms with Gasteiger partial charge >= 0.3 is 0 Å². The normalized spacial score (nSPS) is 11.1. The third-order valence-corrected chi connectivity index (χ3v) is 3.95. The molecule has 1 aromatic carbocycles. The van der Waals surface area contributed by atoms with Gasteiger partial charge in [-0.25, -0.2) is 0 Å². The topological polar surface area (TPSA) is 67.1 Å². The first-order valence-corrected chi connectivity index (χ1v) is 8.64. The maximum Gasteiger partial charge on any atom is 0.191 e. The molecule has 6 nitrogen and oxygen atoms in total. The number of nitrogens with zero attached hydrogens (tertiary/aromatic N) is 4. The van der Waals surface area contributed by atoms with Crippen molar-refractivity contribution in [2.75, 3.05) is 20.1 Å². The molecule has 0 saturated heterocycles. The number of hydrogen-bond acceptors (Lipinski definition) is 3. The Morgan fingerprint density at radius 1 is 1.16 bits per heavy atom. The molecule has 2 rings (SSSR count). The van der Waals surface area contributed by atoms with Gasteiger partial charge in [0.05, 0.1) is 0 Å².